The Morgan fingerprint density at radius 1 is 1.28 bits per heavy atom. The smallest absolute Gasteiger partial charge is 0.341 e. The van der Waals surface area contributed by atoms with Crippen molar-refractivity contribution in [2.45, 2.75) is 19.8 Å². The molecule has 25 heavy (non-hydrogen) atoms. The van der Waals surface area contributed by atoms with Crippen LogP contribution in [0.15, 0.2) is 36.4 Å². The van der Waals surface area contributed by atoms with Crippen LogP contribution in [0, 0.1) is 5.82 Å². The van der Waals surface area contributed by atoms with Crippen molar-refractivity contribution in [1.29, 1.82) is 0 Å². The molecule has 2 aromatic rings. The molecule has 0 spiro atoms. The molecular formula is C18H17ClFNO4. The monoisotopic (exact) mass is 365 g/mol. The van der Waals surface area contributed by atoms with Crippen molar-refractivity contribution < 1.29 is 23.8 Å². The van der Waals surface area contributed by atoms with E-state index in [2.05, 4.69) is 10.1 Å². The normalized spacial score (nSPS) is 10.4. The predicted molar refractivity (Wildman–Crippen MR) is 92.8 cm³/mol. The van der Waals surface area contributed by atoms with E-state index >= 15 is 0 Å². The molecule has 0 aliphatic heterocycles. The Kier molecular flexibility index (Phi) is 6.36. The van der Waals surface area contributed by atoms with Crippen LogP contribution in [0.3, 0.4) is 0 Å². The number of carbonyl (C=O) groups is 2. The lowest BCUT2D eigenvalue weighted by Gasteiger charge is -2.15. The maximum Gasteiger partial charge on any atom is 0.341 e. The number of para-hydroxylation sites is 1. The largest absolute Gasteiger partial charge is 0.479 e. The van der Waals surface area contributed by atoms with Crippen LogP contribution in [0.4, 0.5) is 15.8 Å². The Morgan fingerprint density at radius 3 is 2.68 bits per heavy atom. The SMILES string of the molecule is CCc1ccc(Nc2c(F)cccc2Cl)c(CC(=O)OCC(=O)O)c1. The molecular weight excluding hydrogens is 349 g/mol. The summed E-state index contributed by atoms with van der Waals surface area (Å²) in [4.78, 5) is 22.3. The third kappa shape index (κ3) is 5.19. The van der Waals surface area contributed by atoms with Gasteiger partial charge in [0.1, 0.15) is 5.82 Å². The first-order chi connectivity index (χ1) is 11.9. The highest BCUT2D eigenvalue weighted by Crippen LogP contribution is 2.30. The zero-order valence-corrected chi connectivity index (χ0v) is 14.3. The molecule has 0 aliphatic carbocycles. The topological polar surface area (TPSA) is 75.6 Å². The summed E-state index contributed by atoms with van der Waals surface area (Å²) in [5.41, 5.74) is 2.14. The van der Waals surface area contributed by atoms with Gasteiger partial charge in [-0.25, -0.2) is 9.18 Å². The minimum Gasteiger partial charge on any atom is -0.479 e. The van der Waals surface area contributed by atoms with E-state index in [1.165, 1.54) is 12.1 Å². The van der Waals surface area contributed by atoms with E-state index in [0.717, 1.165) is 12.0 Å². The zero-order chi connectivity index (χ0) is 18.4. The average Bonchev–Trinajstić information content (AvgIpc) is 2.57. The first-order valence-electron chi connectivity index (χ1n) is 7.61. The molecule has 7 heteroatoms. The maximum absolute atomic E-state index is 14.0. The van der Waals surface area contributed by atoms with Crippen molar-refractivity contribution >= 4 is 34.9 Å². The van der Waals surface area contributed by atoms with Gasteiger partial charge in [-0.15, -0.1) is 0 Å². The molecule has 0 unspecified atom stereocenters. The molecule has 0 amide bonds. The van der Waals surface area contributed by atoms with Crippen molar-refractivity contribution in [2.24, 2.45) is 0 Å². The summed E-state index contributed by atoms with van der Waals surface area (Å²) in [6.45, 7) is 1.26. The Morgan fingerprint density at radius 2 is 2.04 bits per heavy atom. The number of rotatable bonds is 7. The fourth-order valence-electron chi connectivity index (χ4n) is 2.24. The number of hydrogen-bond acceptors (Lipinski definition) is 4. The standard InChI is InChI=1S/C18H17ClFNO4/c1-2-11-6-7-15(21-18-13(19)4-3-5-14(18)20)12(8-11)9-17(24)25-10-16(22)23/h3-8,21H,2,9-10H2,1H3,(H,22,23). The molecule has 0 saturated carbocycles. The highest BCUT2D eigenvalue weighted by Gasteiger charge is 2.14. The molecule has 0 aromatic heterocycles. The van der Waals surface area contributed by atoms with Gasteiger partial charge in [-0.1, -0.05) is 36.7 Å². The highest BCUT2D eigenvalue weighted by atomic mass is 35.5. The number of esters is 1. The molecule has 0 saturated heterocycles. The Labute approximate surface area is 149 Å². The number of carboxylic acids is 1. The molecule has 0 fully saturated rings. The van der Waals surface area contributed by atoms with E-state index in [9.17, 15) is 14.0 Å². The summed E-state index contributed by atoms with van der Waals surface area (Å²) in [6.07, 6.45) is 0.605. The van der Waals surface area contributed by atoms with Gasteiger partial charge in [-0.3, -0.25) is 4.79 Å². The number of aliphatic carboxylic acids is 1. The highest BCUT2D eigenvalue weighted by molar-refractivity contribution is 6.33. The second kappa shape index (κ2) is 8.48. The average molecular weight is 366 g/mol. The molecule has 5 nitrogen and oxygen atoms in total. The lowest BCUT2D eigenvalue weighted by molar-refractivity contribution is -0.154. The van der Waals surface area contributed by atoms with Gasteiger partial charge in [0.15, 0.2) is 6.61 Å². The summed E-state index contributed by atoms with van der Waals surface area (Å²) in [6, 6.07) is 9.68. The number of ether oxygens (including phenoxy) is 1. The summed E-state index contributed by atoms with van der Waals surface area (Å²) in [5, 5.41) is 11.7. The van der Waals surface area contributed by atoms with Crippen LogP contribution >= 0.6 is 11.6 Å². The van der Waals surface area contributed by atoms with Crippen LogP contribution in [0.2, 0.25) is 5.02 Å². The van der Waals surface area contributed by atoms with Gasteiger partial charge in [-0.2, -0.15) is 0 Å². The van der Waals surface area contributed by atoms with E-state index in [0.29, 0.717) is 11.3 Å². The summed E-state index contributed by atoms with van der Waals surface area (Å²) in [5.74, 6) is -2.43. The molecule has 2 N–H and O–H groups in total. The van der Waals surface area contributed by atoms with Crippen LogP contribution in [0.5, 0.6) is 0 Å². The first kappa shape index (κ1) is 18.7. The second-order valence-corrected chi connectivity index (χ2v) is 5.71. The van der Waals surface area contributed by atoms with Crippen LogP contribution < -0.4 is 5.32 Å². The van der Waals surface area contributed by atoms with Crippen molar-refractivity contribution in [3.05, 3.63) is 58.4 Å². The first-order valence-corrected chi connectivity index (χ1v) is 7.98. The number of benzene rings is 2. The number of nitrogens with one attached hydrogen (secondary N) is 1. The lowest BCUT2D eigenvalue weighted by Crippen LogP contribution is -2.15. The third-order valence-electron chi connectivity index (χ3n) is 3.49. The molecule has 132 valence electrons. The third-order valence-corrected chi connectivity index (χ3v) is 3.81. The molecule has 0 atom stereocenters. The number of carboxylic acid groups (broad SMARTS) is 1. The van der Waals surface area contributed by atoms with E-state index in [1.54, 1.807) is 18.2 Å². The van der Waals surface area contributed by atoms with Gasteiger partial charge in [0.2, 0.25) is 0 Å². The fourth-order valence-corrected chi connectivity index (χ4v) is 2.45. The molecule has 0 heterocycles. The maximum atomic E-state index is 14.0. The molecule has 0 aliphatic rings. The van der Waals surface area contributed by atoms with Crippen molar-refractivity contribution in [3.63, 3.8) is 0 Å². The number of aryl methyl sites for hydroxylation is 1. The minimum absolute atomic E-state index is 0.105. The van der Waals surface area contributed by atoms with Crippen LogP contribution in [0.25, 0.3) is 0 Å². The van der Waals surface area contributed by atoms with Crippen LogP contribution in [-0.2, 0) is 27.2 Å². The van der Waals surface area contributed by atoms with Gasteiger partial charge in [-0.05, 0) is 35.7 Å². The Hall–Kier alpha value is -2.60. The predicted octanol–water partition coefficient (Wildman–Crippen LogP) is 3.96. The molecule has 0 radical (unpaired) electrons. The van der Waals surface area contributed by atoms with Crippen molar-refractivity contribution in [3.8, 4) is 0 Å². The van der Waals surface area contributed by atoms with Crippen molar-refractivity contribution in [2.75, 3.05) is 11.9 Å². The number of anilines is 2. The quantitative estimate of drug-likeness (QED) is 0.726. The van der Waals surface area contributed by atoms with E-state index in [1.807, 2.05) is 13.0 Å². The van der Waals surface area contributed by atoms with Crippen molar-refractivity contribution in [1.82, 2.24) is 0 Å². The van der Waals surface area contributed by atoms with Gasteiger partial charge < -0.3 is 15.2 Å². The van der Waals surface area contributed by atoms with Crippen LogP contribution in [0.1, 0.15) is 18.1 Å². The number of hydrogen-bond donors (Lipinski definition) is 2. The summed E-state index contributed by atoms with van der Waals surface area (Å²) in [7, 11) is 0. The molecule has 0 bridgehead atoms. The Balaban J connectivity index is 2.28. The van der Waals surface area contributed by atoms with Crippen LogP contribution in [-0.4, -0.2) is 23.7 Å². The van der Waals surface area contributed by atoms with E-state index in [-0.39, 0.29) is 17.1 Å². The summed E-state index contributed by atoms with van der Waals surface area (Å²) < 4.78 is 18.6. The molecule has 2 rings (SSSR count). The zero-order valence-electron chi connectivity index (χ0n) is 13.5. The van der Waals surface area contributed by atoms with Gasteiger partial charge in [0.25, 0.3) is 0 Å². The van der Waals surface area contributed by atoms with E-state index < -0.39 is 24.4 Å². The fraction of sp³-hybridized carbons (Fsp3) is 0.222. The Bertz CT molecular complexity index is 774. The number of carbonyl (C=O) groups excluding carboxylic acids is 1. The minimum atomic E-state index is -1.23. The lowest BCUT2D eigenvalue weighted by atomic mass is 10.0. The summed E-state index contributed by atoms with van der Waals surface area (Å²) >= 11 is 6.02. The number of halogens is 2. The van der Waals surface area contributed by atoms with Gasteiger partial charge in [0, 0.05) is 5.69 Å². The second-order valence-electron chi connectivity index (χ2n) is 5.30. The van der Waals surface area contributed by atoms with E-state index in [4.69, 9.17) is 16.7 Å². The molecule has 2 aromatic carbocycles. The van der Waals surface area contributed by atoms with Gasteiger partial charge >= 0.3 is 11.9 Å². The van der Waals surface area contributed by atoms with Gasteiger partial charge in [0.05, 0.1) is 17.1 Å².